The first-order valence-electron chi connectivity index (χ1n) is 7.26. The number of carbonyl (C=O) groups excluding carboxylic acids is 2. The molecule has 0 aromatic heterocycles. The van der Waals surface area contributed by atoms with Crippen molar-refractivity contribution in [3.8, 4) is 0 Å². The maximum Gasteiger partial charge on any atom is 0.322 e. The Morgan fingerprint density at radius 3 is 2.26 bits per heavy atom. The molecule has 132 valence electrons. The van der Waals surface area contributed by atoms with Crippen molar-refractivity contribution in [1.29, 1.82) is 0 Å². The van der Waals surface area contributed by atoms with Gasteiger partial charge in [0, 0.05) is 6.54 Å². The molecule has 0 fully saturated rings. The molecule has 0 aliphatic carbocycles. The van der Waals surface area contributed by atoms with E-state index < -0.39 is 36.4 Å². The number of carboxylic acid groups (broad SMARTS) is 1. The van der Waals surface area contributed by atoms with Crippen LogP contribution in [0.4, 0.5) is 0 Å². The first-order chi connectivity index (χ1) is 10.6. The summed E-state index contributed by atoms with van der Waals surface area (Å²) in [7, 11) is 0. The van der Waals surface area contributed by atoms with Crippen molar-refractivity contribution in [1.82, 2.24) is 10.6 Å². The number of aliphatic carboxylic acids is 1. The van der Waals surface area contributed by atoms with Gasteiger partial charge < -0.3 is 32.9 Å². The second kappa shape index (κ2) is 10.4. The van der Waals surface area contributed by atoms with E-state index in [-0.39, 0.29) is 11.9 Å². The zero-order valence-electron chi connectivity index (χ0n) is 13.4. The monoisotopic (exact) mass is 330 g/mol. The van der Waals surface area contributed by atoms with Crippen LogP contribution >= 0.6 is 0 Å². The number of amides is 2. The van der Waals surface area contributed by atoms with Gasteiger partial charge in [0.05, 0.1) is 6.04 Å². The highest BCUT2D eigenvalue weighted by atomic mass is 16.4. The third-order valence-electron chi connectivity index (χ3n) is 2.97. The fraction of sp³-hybridized carbons (Fsp3) is 0.692. The predicted octanol–water partition coefficient (Wildman–Crippen LogP) is -2.29. The summed E-state index contributed by atoms with van der Waals surface area (Å²) in [4.78, 5) is 38.2. The van der Waals surface area contributed by atoms with Crippen molar-refractivity contribution in [2.75, 3.05) is 13.1 Å². The van der Waals surface area contributed by atoms with E-state index in [1.807, 2.05) is 0 Å². The molecule has 10 nitrogen and oxygen atoms in total. The summed E-state index contributed by atoms with van der Waals surface area (Å²) in [6, 6.07) is -1.66. The zero-order chi connectivity index (χ0) is 18.0. The Balaban J connectivity index is 4.45. The minimum absolute atomic E-state index is 0.0296. The van der Waals surface area contributed by atoms with Crippen LogP contribution in [0.1, 0.15) is 26.7 Å². The highest BCUT2D eigenvalue weighted by molar-refractivity contribution is 5.91. The fourth-order valence-corrected chi connectivity index (χ4v) is 1.72. The van der Waals surface area contributed by atoms with E-state index in [0.717, 1.165) is 0 Å². The van der Waals surface area contributed by atoms with Gasteiger partial charge in [-0.15, -0.1) is 0 Å². The van der Waals surface area contributed by atoms with Crippen LogP contribution in [-0.2, 0) is 14.4 Å². The van der Waals surface area contributed by atoms with E-state index >= 15 is 0 Å². The SMILES string of the molecule is CC(C)C(NC(=O)C(N)CCCN=C(N)N)C(=O)NCC(=O)O. The lowest BCUT2D eigenvalue weighted by Gasteiger charge is -2.23. The number of nitrogens with zero attached hydrogens (tertiary/aromatic N) is 1. The van der Waals surface area contributed by atoms with Gasteiger partial charge >= 0.3 is 5.97 Å². The smallest absolute Gasteiger partial charge is 0.322 e. The highest BCUT2D eigenvalue weighted by Gasteiger charge is 2.26. The van der Waals surface area contributed by atoms with Crippen molar-refractivity contribution >= 4 is 23.7 Å². The van der Waals surface area contributed by atoms with Crippen LogP contribution in [-0.4, -0.2) is 54.0 Å². The fourth-order valence-electron chi connectivity index (χ4n) is 1.72. The van der Waals surface area contributed by atoms with Crippen molar-refractivity contribution in [2.45, 2.75) is 38.8 Å². The molecule has 2 unspecified atom stereocenters. The minimum Gasteiger partial charge on any atom is -0.480 e. The normalized spacial score (nSPS) is 13.0. The molecule has 10 heteroatoms. The Morgan fingerprint density at radius 2 is 1.78 bits per heavy atom. The molecule has 0 aliphatic heterocycles. The van der Waals surface area contributed by atoms with Gasteiger partial charge in [0.1, 0.15) is 12.6 Å². The zero-order valence-corrected chi connectivity index (χ0v) is 13.4. The van der Waals surface area contributed by atoms with E-state index in [1.54, 1.807) is 13.8 Å². The van der Waals surface area contributed by atoms with E-state index in [0.29, 0.717) is 19.4 Å². The molecule has 0 spiro atoms. The third kappa shape index (κ3) is 9.30. The molecular formula is C13H26N6O4. The van der Waals surface area contributed by atoms with E-state index in [9.17, 15) is 14.4 Å². The Labute approximate surface area is 134 Å². The largest absolute Gasteiger partial charge is 0.480 e. The molecular weight excluding hydrogens is 304 g/mol. The summed E-state index contributed by atoms with van der Waals surface area (Å²) in [6.45, 7) is 3.31. The van der Waals surface area contributed by atoms with Crippen molar-refractivity contribution in [2.24, 2.45) is 28.1 Å². The van der Waals surface area contributed by atoms with Crippen LogP contribution in [0.15, 0.2) is 4.99 Å². The van der Waals surface area contributed by atoms with Gasteiger partial charge in [-0.05, 0) is 18.8 Å². The molecule has 2 atom stereocenters. The van der Waals surface area contributed by atoms with Crippen LogP contribution in [0.3, 0.4) is 0 Å². The first-order valence-corrected chi connectivity index (χ1v) is 7.26. The van der Waals surface area contributed by atoms with Gasteiger partial charge in [0.15, 0.2) is 5.96 Å². The lowest BCUT2D eigenvalue weighted by atomic mass is 10.0. The van der Waals surface area contributed by atoms with Crippen LogP contribution in [0.2, 0.25) is 0 Å². The van der Waals surface area contributed by atoms with E-state index in [2.05, 4.69) is 15.6 Å². The molecule has 0 rings (SSSR count). The minimum atomic E-state index is -1.16. The number of nitrogens with two attached hydrogens (primary N) is 3. The number of nitrogens with one attached hydrogen (secondary N) is 2. The summed E-state index contributed by atoms with van der Waals surface area (Å²) in [5.41, 5.74) is 16.1. The van der Waals surface area contributed by atoms with Crippen molar-refractivity contribution in [3.63, 3.8) is 0 Å². The number of aliphatic imine (C=N–C) groups is 1. The number of carboxylic acids is 1. The second-order valence-corrected chi connectivity index (χ2v) is 5.40. The molecule has 0 aromatic rings. The average molecular weight is 330 g/mol. The number of hydrogen-bond acceptors (Lipinski definition) is 5. The summed E-state index contributed by atoms with van der Waals surface area (Å²) in [6.07, 6.45) is 0.869. The van der Waals surface area contributed by atoms with Crippen molar-refractivity contribution < 1.29 is 19.5 Å². The Morgan fingerprint density at radius 1 is 1.17 bits per heavy atom. The molecule has 0 radical (unpaired) electrons. The van der Waals surface area contributed by atoms with Gasteiger partial charge in [0.25, 0.3) is 0 Å². The molecule has 0 heterocycles. The molecule has 0 bridgehead atoms. The Hall–Kier alpha value is -2.36. The third-order valence-corrected chi connectivity index (χ3v) is 2.97. The molecule has 2 amide bonds. The van der Waals surface area contributed by atoms with Crippen LogP contribution in [0, 0.1) is 5.92 Å². The van der Waals surface area contributed by atoms with Crippen LogP contribution in [0.5, 0.6) is 0 Å². The molecule has 0 saturated carbocycles. The van der Waals surface area contributed by atoms with Crippen LogP contribution in [0.25, 0.3) is 0 Å². The summed E-state index contributed by atoms with van der Waals surface area (Å²) in [5, 5.41) is 13.3. The molecule has 0 aliphatic rings. The molecule has 0 saturated heterocycles. The molecule has 9 N–H and O–H groups in total. The standard InChI is InChI=1S/C13H26N6O4/c1-7(2)10(12(23)18-6-9(20)21)19-11(22)8(14)4-3-5-17-13(15)16/h7-8,10H,3-6,14H2,1-2H3,(H,18,23)(H,19,22)(H,20,21)(H4,15,16,17). The van der Waals surface area contributed by atoms with Gasteiger partial charge in [0.2, 0.25) is 11.8 Å². The van der Waals surface area contributed by atoms with Gasteiger partial charge in [-0.25, -0.2) is 0 Å². The highest BCUT2D eigenvalue weighted by Crippen LogP contribution is 2.04. The Kier molecular flexibility index (Phi) is 9.31. The molecule has 23 heavy (non-hydrogen) atoms. The number of hydrogen-bond donors (Lipinski definition) is 6. The van der Waals surface area contributed by atoms with Gasteiger partial charge in [-0.1, -0.05) is 13.8 Å². The summed E-state index contributed by atoms with van der Waals surface area (Å²) in [5.74, 6) is -2.47. The molecule has 0 aromatic carbocycles. The van der Waals surface area contributed by atoms with Crippen LogP contribution < -0.4 is 27.8 Å². The summed E-state index contributed by atoms with van der Waals surface area (Å²) < 4.78 is 0. The summed E-state index contributed by atoms with van der Waals surface area (Å²) >= 11 is 0. The first kappa shape index (κ1) is 20.6. The number of carbonyl (C=O) groups is 3. The lowest BCUT2D eigenvalue weighted by molar-refractivity contribution is -0.138. The lowest BCUT2D eigenvalue weighted by Crippen LogP contribution is -2.54. The Bertz CT molecular complexity index is 448. The maximum absolute atomic E-state index is 12.0. The van der Waals surface area contributed by atoms with Crippen molar-refractivity contribution in [3.05, 3.63) is 0 Å². The predicted molar refractivity (Wildman–Crippen MR) is 85.3 cm³/mol. The average Bonchev–Trinajstić information content (AvgIpc) is 2.45. The number of rotatable bonds is 10. The van der Waals surface area contributed by atoms with E-state index in [4.69, 9.17) is 22.3 Å². The second-order valence-electron chi connectivity index (χ2n) is 5.40. The quantitative estimate of drug-likeness (QED) is 0.148. The van der Waals surface area contributed by atoms with E-state index in [1.165, 1.54) is 0 Å². The van der Waals surface area contributed by atoms with Gasteiger partial charge in [-0.2, -0.15) is 0 Å². The topological polar surface area (TPSA) is 186 Å². The van der Waals surface area contributed by atoms with Gasteiger partial charge in [-0.3, -0.25) is 19.4 Å². The maximum atomic E-state index is 12.0. The number of guanidine groups is 1.